The van der Waals surface area contributed by atoms with Crippen LogP contribution in [0.5, 0.6) is 0 Å². The third kappa shape index (κ3) is 3.84. The Kier molecular flexibility index (Phi) is 5.09. The quantitative estimate of drug-likeness (QED) is 0.887. The summed E-state index contributed by atoms with van der Waals surface area (Å²) < 4.78 is 38.8. The zero-order valence-electron chi connectivity index (χ0n) is 14.7. The van der Waals surface area contributed by atoms with Gasteiger partial charge < -0.3 is 5.32 Å². The summed E-state index contributed by atoms with van der Waals surface area (Å²) in [4.78, 5) is 15.2. The lowest BCUT2D eigenvalue weighted by Gasteiger charge is -2.30. The molecule has 3 rings (SSSR count). The second-order valence-electron chi connectivity index (χ2n) is 7.30. The van der Waals surface area contributed by atoms with Crippen molar-refractivity contribution < 1.29 is 18.0 Å². The minimum Gasteiger partial charge on any atom is -0.348 e. The van der Waals surface area contributed by atoms with Crippen molar-refractivity contribution in [1.82, 2.24) is 10.2 Å². The van der Waals surface area contributed by atoms with Crippen molar-refractivity contribution >= 4 is 5.91 Å². The first-order valence-corrected chi connectivity index (χ1v) is 9.00. The molecule has 2 fully saturated rings. The van der Waals surface area contributed by atoms with Gasteiger partial charge in [0.05, 0.1) is 5.56 Å². The van der Waals surface area contributed by atoms with E-state index in [1.165, 1.54) is 12.8 Å². The maximum atomic E-state index is 12.9. The van der Waals surface area contributed by atoms with Crippen LogP contribution < -0.4 is 5.32 Å². The number of benzene rings is 1. The summed E-state index contributed by atoms with van der Waals surface area (Å²) in [7, 11) is 0. The Labute approximate surface area is 146 Å². The number of nitrogens with zero attached hydrogens (tertiary/aromatic N) is 1. The largest absolute Gasteiger partial charge is 0.416 e. The number of nitrogens with one attached hydrogen (secondary N) is 1. The molecule has 1 amide bonds. The number of likely N-dealkylation sites (tertiary alicyclic amines) is 1. The molecule has 1 aliphatic heterocycles. The average molecular weight is 354 g/mol. The SMILES string of the molecule is Cc1cc(C(F)(F)F)cc(C)c1C(=O)N[C@H]1CCC[C@H]1N1CCCC1. The maximum Gasteiger partial charge on any atom is 0.416 e. The topological polar surface area (TPSA) is 32.3 Å². The molecule has 138 valence electrons. The van der Waals surface area contributed by atoms with Crippen molar-refractivity contribution in [3.8, 4) is 0 Å². The predicted molar refractivity (Wildman–Crippen MR) is 90.6 cm³/mol. The summed E-state index contributed by atoms with van der Waals surface area (Å²) in [6.45, 7) is 5.30. The van der Waals surface area contributed by atoms with Crippen LogP contribution in [0.1, 0.15) is 59.2 Å². The Morgan fingerprint density at radius 1 is 1.08 bits per heavy atom. The van der Waals surface area contributed by atoms with Gasteiger partial charge in [0.15, 0.2) is 0 Å². The van der Waals surface area contributed by atoms with E-state index in [0.717, 1.165) is 44.5 Å². The van der Waals surface area contributed by atoms with Crippen molar-refractivity contribution in [3.63, 3.8) is 0 Å². The van der Waals surface area contributed by atoms with E-state index in [1.807, 2.05) is 0 Å². The molecule has 25 heavy (non-hydrogen) atoms. The number of hydrogen-bond donors (Lipinski definition) is 1. The number of alkyl halides is 3. The number of carbonyl (C=O) groups excluding carboxylic acids is 1. The van der Waals surface area contributed by atoms with Gasteiger partial charge in [-0.3, -0.25) is 9.69 Å². The molecule has 0 aromatic heterocycles. The third-order valence-electron chi connectivity index (χ3n) is 5.49. The molecule has 1 aliphatic carbocycles. The molecule has 0 radical (unpaired) electrons. The fraction of sp³-hybridized carbons (Fsp3) is 0.632. The molecule has 3 nitrogen and oxygen atoms in total. The van der Waals surface area contributed by atoms with Gasteiger partial charge in [0.1, 0.15) is 0 Å². The van der Waals surface area contributed by atoms with Crippen molar-refractivity contribution in [2.24, 2.45) is 0 Å². The standard InChI is InChI=1S/C19H25F3N2O/c1-12-10-14(19(20,21)22)11-13(2)17(12)18(25)23-15-6-5-7-16(15)24-8-3-4-9-24/h10-11,15-16H,3-9H2,1-2H3,(H,23,25)/t15-,16+/m0/s1. The molecule has 0 bridgehead atoms. The molecule has 1 saturated heterocycles. The van der Waals surface area contributed by atoms with Gasteiger partial charge in [-0.2, -0.15) is 13.2 Å². The summed E-state index contributed by atoms with van der Waals surface area (Å²) in [6.07, 6.45) is 1.11. The van der Waals surface area contributed by atoms with Gasteiger partial charge in [0, 0.05) is 17.6 Å². The van der Waals surface area contributed by atoms with E-state index < -0.39 is 11.7 Å². The second-order valence-corrected chi connectivity index (χ2v) is 7.30. The molecule has 0 unspecified atom stereocenters. The van der Waals surface area contributed by atoms with Crippen molar-refractivity contribution in [1.29, 1.82) is 0 Å². The van der Waals surface area contributed by atoms with Crippen LogP contribution in [0.25, 0.3) is 0 Å². The van der Waals surface area contributed by atoms with Crippen LogP contribution in [0.15, 0.2) is 12.1 Å². The summed E-state index contributed by atoms with van der Waals surface area (Å²) in [5, 5.41) is 3.10. The van der Waals surface area contributed by atoms with Gasteiger partial charge in [0.25, 0.3) is 5.91 Å². The molecule has 1 aromatic carbocycles. The number of rotatable bonds is 3. The van der Waals surface area contributed by atoms with E-state index in [2.05, 4.69) is 10.2 Å². The Balaban J connectivity index is 1.77. The van der Waals surface area contributed by atoms with Crippen molar-refractivity contribution in [2.75, 3.05) is 13.1 Å². The lowest BCUT2D eigenvalue weighted by atomic mass is 9.97. The average Bonchev–Trinajstić information content (AvgIpc) is 3.15. The minimum atomic E-state index is -4.39. The zero-order chi connectivity index (χ0) is 18.2. The lowest BCUT2D eigenvalue weighted by Crippen LogP contribution is -2.48. The van der Waals surface area contributed by atoms with E-state index in [-0.39, 0.29) is 11.9 Å². The number of hydrogen-bond acceptors (Lipinski definition) is 2. The molecule has 6 heteroatoms. The van der Waals surface area contributed by atoms with Crippen LogP contribution >= 0.6 is 0 Å². The summed E-state index contributed by atoms with van der Waals surface area (Å²) in [5.41, 5.74) is 0.427. The molecule has 1 N–H and O–H groups in total. The van der Waals surface area contributed by atoms with Gasteiger partial charge >= 0.3 is 6.18 Å². The first-order valence-electron chi connectivity index (χ1n) is 9.00. The number of amides is 1. The zero-order valence-corrected chi connectivity index (χ0v) is 14.7. The van der Waals surface area contributed by atoms with Crippen LogP contribution in [0, 0.1) is 13.8 Å². The van der Waals surface area contributed by atoms with Gasteiger partial charge in [-0.25, -0.2) is 0 Å². The summed E-state index contributed by atoms with van der Waals surface area (Å²) >= 11 is 0. The predicted octanol–water partition coefficient (Wildman–Crippen LogP) is 4.07. The molecule has 0 spiro atoms. The normalized spacial score (nSPS) is 24.7. The molecule has 2 aliphatic rings. The van der Waals surface area contributed by atoms with Crippen molar-refractivity contribution in [2.45, 2.75) is 64.2 Å². The fourth-order valence-corrected chi connectivity index (χ4v) is 4.35. The van der Waals surface area contributed by atoms with Gasteiger partial charge in [-0.05, 0) is 82.3 Å². The highest BCUT2D eigenvalue weighted by Gasteiger charge is 2.35. The second kappa shape index (κ2) is 6.98. The van der Waals surface area contributed by atoms with Gasteiger partial charge in [-0.1, -0.05) is 0 Å². The molecule has 2 atom stereocenters. The Hall–Kier alpha value is -1.56. The molecule has 1 saturated carbocycles. The first kappa shape index (κ1) is 18.2. The van der Waals surface area contributed by atoms with E-state index in [9.17, 15) is 18.0 Å². The van der Waals surface area contributed by atoms with E-state index in [1.54, 1.807) is 13.8 Å². The molecule has 1 heterocycles. The fourth-order valence-electron chi connectivity index (χ4n) is 4.35. The van der Waals surface area contributed by atoms with E-state index in [4.69, 9.17) is 0 Å². The first-order chi connectivity index (χ1) is 11.8. The van der Waals surface area contributed by atoms with Crippen LogP contribution in [-0.2, 0) is 6.18 Å². The van der Waals surface area contributed by atoms with Crippen LogP contribution in [0.4, 0.5) is 13.2 Å². The van der Waals surface area contributed by atoms with E-state index >= 15 is 0 Å². The van der Waals surface area contributed by atoms with Crippen LogP contribution in [-0.4, -0.2) is 36.0 Å². The third-order valence-corrected chi connectivity index (χ3v) is 5.49. The van der Waals surface area contributed by atoms with Gasteiger partial charge in [0.2, 0.25) is 0 Å². The maximum absolute atomic E-state index is 12.9. The number of halogens is 3. The van der Waals surface area contributed by atoms with Crippen molar-refractivity contribution in [3.05, 3.63) is 34.4 Å². The Bertz CT molecular complexity index is 628. The highest BCUT2D eigenvalue weighted by Crippen LogP contribution is 2.32. The van der Waals surface area contributed by atoms with Gasteiger partial charge in [-0.15, -0.1) is 0 Å². The summed E-state index contributed by atoms with van der Waals surface area (Å²) in [5.74, 6) is -0.250. The summed E-state index contributed by atoms with van der Waals surface area (Å²) in [6, 6.07) is 2.58. The molecule has 1 aromatic rings. The smallest absolute Gasteiger partial charge is 0.348 e. The Morgan fingerprint density at radius 2 is 1.68 bits per heavy atom. The molecular weight excluding hydrogens is 329 g/mol. The molecular formula is C19H25F3N2O. The van der Waals surface area contributed by atoms with E-state index in [0.29, 0.717) is 22.7 Å². The lowest BCUT2D eigenvalue weighted by molar-refractivity contribution is -0.137. The highest BCUT2D eigenvalue weighted by molar-refractivity contribution is 5.97. The van der Waals surface area contributed by atoms with Crippen LogP contribution in [0.3, 0.4) is 0 Å². The highest BCUT2D eigenvalue weighted by atomic mass is 19.4. The number of carbonyl (C=O) groups is 1. The van der Waals surface area contributed by atoms with Crippen LogP contribution in [0.2, 0.25) is 0 Å². The Morgan fingerprint density at radius 3 is 2.24 bits per heavy atom. The minimum absolute atomic E-state index is 0.0895. The number of aryl methyl sites for hydroxylation is 2. The monoisotopic (exact) mass is 354 g/mol.